The predicted molar refractivity (Wildman–Crippen MR) is 86.0 cm³/mol. The zero-order valence-corrected chi connectivity index (χ0v) is 13.3. The molecule has 0 spiro atoms. The largest absolute Gasteiger partial charge is 0.305 e. The smallest absolute Gasteiger partial charge is 0.279 e. The van der Waals surface area contributed by atoms with Crippen molar-refractivity contribution in [3.05, 3.63) is 64.5 Å². The van der Waals surface area contributed by atoms with Gasteiger partial charge in [0.2, 0.25) is 0 Å². The first-order valence-corrected chi connectivity index (χ1v) is 7.33. The highest BCUT2D eigenvalue weighted by Gasteiger charge is 2.12. The second kappa shape index (κ2) is 6.07. The normalized spacial score (nSPS) is 10.5. The summed E-state index contributed by atoms with van der Waals surface area (Å²) in [6.07, 6.45) is 3.26. The summed E-state index contributed by atoms with van der Waals surface area (Å²) in [4.78, 5) is 16.2. The maximum Gasteiger partial charge on any atom is 0.279 e. The van der Waals surface area contributed by atoms with Crippen molar-refractivity contribution in [2.45, 2.75) is 6.92 Å². The molecule has 0 atom stereocenters. The number of pyridine rings is 1. The molecule has 0 fully saturated rings. The highest BCUT2D eigenvalue weighted by molar-refractivity contribution is 9.10. The third kappa shape index (κ3) is 3.20. The number of anilines is 1. The van der Waals surface area contributed by atoms with E-state index < -0.39 is 0 Å². The van der Waals surface area contributed by atoms with E-state index in [9.17, 15) is 4.79 Å². The minimum absolute atomic E-state index is 0.227. The van der Waals surface area contributed by atoms with Gasteiger partial charge in [0.1, 0.15) is 5.82 Å². The Labute approximate surface area is 135 Å². The Bertz CT molecular complexity index is 796. The van der Waals surface area contributed by atoms with Gasteiger partial charge in [0.25, 0.3) is 5.91 Å². The highest BCUT2D eigenvalue weighted by atomic mass is 79.9. The van der Waals surface area contributed by atoms with Crippen LogP contribution in [0.4, 0.5) is 5.82 Å². The maximum atomic E-state index is 12.1. The monoisotopic (exact) mass is 357 g/mol. The molecule has 22 heavy (non-hydrogen) atoms. The molecule has 3 aromatic rings. The Morgan fingerprint density at radius 3 is 2.64 bits per heavy atom. The zero-order chi connectivity index (χ0) is 15.5. The summed E-state index contributed by atoms with van der Waals surface area (Å²) in [5, 5.41) is 10.5. The van der Waals surface area contributed by atoms with E-state index in [0.29, 0.717) is 5.82 Å². The number of nitrogens with one attached hydrogen (secondary N) is 1. The lowest BCUT2D eigenvalue weighted by Crippen LogP contribution is -2.13. The van der Waals surface area contributed by atoms with Gasteiger partial charge in [0.05, 0.1) is 11.9 Å². The van der Waals surface area contributed by atoms with E-state index in [-0.39, 0.29) is 11.6 Å². The molecule has 0 saturated carbocycles. The number of carbonyl (C=O) groups excluding carboxylic acids is 1. The zero-order valence-electron chi connectivity index (χ0n) is 11.7. The van der Waals surface area contributed by atoms with Gasteiger partial charge in [-0.15, -0.1) is 5.10 Å². The van der Waals surface area contributed by atoms with E-state index in [1.807, 2.05) is 37.3 Å². The summed E-state index contributed by atoms with van der Waals surface area (Å²) in [7, 11) is 0. The lowest BCUT2D eigenvalue weighted by Gasteiger charge is -2.01. The Balaban J connectivity index is 1.76. The van der Waals surface area contributed by atoms with Crippen molar-refractivity contribution < 1.29 is 4.79 Å². The van der Waals surface area contributed by atoms with Gasteiger partial charge < -0.3 is 5.32 Å². The number of nitrogens with zero attached hydrogens (tertiary/aromatic N) is 4. The topological polar surface area (TPSA) is 72.7 Å². The first-order valence-electron chi connectivity index (χ1n) is 6.54. The van der Waals surface area contributed by atoms with Gasteiger partial charge in [0.15, 0.2) is 5.69 Å². The van der Waals surface area contributed by atoms with Crippen molar-refractivity contribution >= 4 is 27.7 Å². The Hall–Kier alpha value is -2.54. The molecule has 110 valence electrons. The molecule has 6 nitrogen and oxygen atoms in total. The number of halogens is 1. The number of rotatable bonds is 3. The number of aryl methyl sites for hydroxylation is 1. The van der Waals surface area contributed by atoms with Crippen LogP contribution in [-0.4, -0.2) is 25.9 Å². The number of hydrogen-bond acceptors (Lipinski definition) is 4. The number of aromatic nitrogens is 4. The van der Waals surface area contributed by atoms with E-state index in [0.717, 1.165) is 15.7 Å². The molecule has 1 N–H and O–H groups in total. The van der Waals surface area contributed by atoms with Crippen LogP contribution in [0.3, 0.4) is 0 Å². The van der Waals surface area contributed by atoms with E-state index in [2.05, 4.69) is 36.5 Å². The Morgan fingerprint density at radius 2 is 1.95 bits per heavy atom. The molecule has 0 aliphatic rings. The van der Waals surface area contributed by atoms with Gasteiger partial charge in [-0.1, -0.05) is 27.2 Å². The molecule has 0 aliphatic carbocycles. The van der Waals surface area contributed by atoms with Crippen LogP contribution in [0.2, 0.25) is 0 Å². The average molecular weight is 358 g/mol. The van der Waals surface area contributed by atoms with E-state index in [1.165, 1.54) is 0 Å². The fourth-order valence-corrected chi connectivity index (χ4v) is 2.07. The first kappa shape index (κ1) is 14.4. The van der Waals surface area contributed by atoms with Crippen LogP contribution in [0.15, 0.2) is 53.3 Å². The van der Waals surface area contributed by atoms with Crippen molar-refractivity contribution in [2.24, 2.45) is 0 Å². The predicted octanol–water partition coefficient (Wildman–Crippen LogP) is 2.99. The van der Waals surface area contributed by atoms with Crippen molar-refractivity contribution in [3.63, 3.8) is 0 Å². The molecule has 1 amide bonds. The number of amides is 1. The molecule has 2 heterocycles. The summed E-state index contributed by atoms with van der Waals surface area (Å²) >= 11 is 3.37. The van der Waals surface area contributed by atoms with E-state index in [1.54, 1.807) is 23.1 Å². The Kier molecular flexibility index (Phi) is 3.97. The molecule has 0 radical (unpaired) electrons. The third-order valence-corrected chi connectivity index (χ3v) is 3.50. The SMILES string of the molecule is Cc1ccc(NC(=O)c2cn(-c3ccc(Br)cc3)nn2)nc1. The number of carbonyl (C=O) groups is 1. The molecule has 0 aliphatic heterocycles. The van der Waals surface area contributed by atoms with Gasteiger partial charge in [-0.05, 0) is 42.8 Å². The van der Waals surface area contributed by atoms with Crippen molar-refractivity contribution in [1.29, 1.82) is 0 Å². The van der Waals surface area contributed by atoms with Gasteiger partial charge >= 0.3 is 0 Å². The van der Waals surface area contributed by atoms with Crippen LogP contribution in [0, 0.1) is 6.92 Å². The minimum atomic E-state index is -0.347. The van der Waals surface area contributed by atoms with E-state index >= 15 is 0 Å². The van der Waals surface area contributed by atoms with Gasteiger partial charge in [-0.2, -0.15) is 0 Å². The molecule has 2 aromatic heterocycles. The van der Waals surface area contributed by atoms with Crippen LogP contribution in [0.1, 0.15) is 16.1 Å². The number of benzene rings is 1. The molecule has 1 aromatic carbocycles. The van der Waals surface area contributed by atoms with Gasteiger partial charge in [-0.3, -0.25) is 4.79 Å². The van der Waals surface area contributed by atoms with Crippen LogP contribution in [-0.2, 0) is 0 Å². The van der Waals surface area contributed by atoms with Crippen LogP contribution < -0.4 is 5.32 Å². The molecule has 0 saturated heterocycles. The molecule has 0 bridgehead atoms. The standard InChI is InChI=1S/C15H12BrN5O/c1-10-2-7-14(17-8-10)18-15(22)13-9-21(20-19-13)12-5-3-11(16)4-6-12/h2-9H,1H3,(H,17,18,22). The van der Waals surface area contributed by atoms with Crippen molar-refractivity contribution in [3.8, 4) is 5.69 Å². The summed E-state index contributed by atoms with van der Waals surface area (Å²) in [5.41, 5.74) is 2.08. The van der Waals surface area contributed by atoms with Crippen LogP contribution in [0.25, 0.3) is 5.69 Å². The van der Waals surface area contributed by atoms with Gasteiger partial charge in [0, 0.05) is 10.7 Å². The summed E-state index contributed by atoms with van der Waals surface area (Å²) in [5.74, 6) is 0.133. The average Bonchev–Trinajstić information content (AvgIpc) is 3.00. The quantitative estimate of drug-likeness (QED) is 0.781. The third-order valence-electron chi connectivity index (χ3n) is 2.97. The molecular weight excluding hydrogens is 346 g/mol. The number of hydrogen-bond donors (Lipinski definition) is 1. The van der Waals surface area contributed by atoms with E-state index in [4.69, 9.17) is 0 Å². The fourth-order valence-electron chi connectivity index (χ4n) is 1.81. The van der Waals surface area contributed by atoms with Crippen LogP contribution >= 0.6 is 15.9 Å². The summed E-state index contributed by atoms with van der Waals surface area (Å²) < 4.78 is 2.52. The fraction of sp³-hybridized carbons (Fsp3) is 0.0667. The van der Waals surface area contributed by atoms with Crippen molar-refractivity contribution in [1.82, 2.24) is 20.0 Å². The van der Waals surface area contributed by atoms with Gasteiger partial charge in [-0.25, -0.2) is 9.67 Å². The summed E-state index contributed by atoms with van der Waals surface area (Å²) in [6.45, 7) is 1.93. The molecular formula is C15H12BrN5O. The molecule has 3 rings (SSSR count). The molecule has 0 unspecified atom stereocenters. The minimum Gasteiger partial charge on any atom is -0.305 e. The second-order valence-corrected chi connectivity index (χ2v) is 5.62. The van der Waals surface area contributed by atoms with Crippen molar-refractivity contribution in [2.75, 3.05) is 5.32 Å². The second-order valence-electron chi connectivity index (χ2n) is 4.70. The first-order chi connectivity index (χ1) is 10.6. The van der Waals surface area contributed by atoms with Crippen LogP contribution in [0.5, 0.6) is 0 Å². The highest BCUT2D eigenvalue weighted by Crippen LogP contribution is 2.13. The lowest BCUT2D eigenvalue weighted by molar-refractivity contribution is 0.102. The maximum absolute atomic E-state index is 12.1. The lowest BCUT2D eigenvalue weighted by atomic mass is 10.3. The Morgan fingerprint density at radius 1 is 1.18 bits per heavy atom. The molecule has 7 heteroatoms. The summed E-state index contributed by atoms with van der Waals surface area (Å²) in [6, 6.07) is 11.2.